The summed E-state index contributed by atoms with van der Waals surface area (Å²) < 4.78 is 0. The Morgan fingerprint density at radius 2 is 2.12 bits per heavy atom. The molecule has 0 radical (unpaired) electrons. The second kappa shape index (κ2) is 9.36. The number of hydrogen-bond donors (Lipinski definition) is 1. The summed E-state index contributed by atoms with van der Waals surface area (Å²) in [4.78, 5) is 12.0. The first-order valence-electron chi connectivity index (χ1n) is 9.21. The molecule has 4 nitrogen and oxygen atoms in total. The van der Waals surface area contributed by atoms with E-state index in [1.165, 1.54) is 55.9 Å². The molecule has 1 N–H and O–H groups in total. The first-order chi connectivity index (χ1) is 11.2. The van der Waals surface area contributed by atoms with E-state index in [1.54, 1.807) is 11.3 Å². The molecular weight excluding hydrogens is 431 g/mol. The van der Waals surface area contributed by atoms with Crippen LogP contribution in [-0.2, 0) is 12.8 Å². The lowest BCUT2D eigenvalue weighted by Crippen LogP contribution is -2.41. The highest BCUT2D eigenvalue weighted by Crippen LogP contribution is 2.45. The minimum absolute atomic E-state index is 0. The highest BCUT2D eigenvalue weighted by molar-refractivity contribution is 14.0. The summed E-state index contributed by atoms with van der Waals surface area (Å²) in [5.74, 6) is 1.11. The molecule has 1 saturated heterocycles. The van der Waals surface area contributed by atoms with Gasteiger partial charge in [0.15, 0.2) is 5.96 Å². The zero-order valence-corrected chi connectivity index (χ0v) is 18.2. The average molecular weight is 462 g/mol. The molecule has 2 heterocycles. The summed E-state index contributed by atoms with van der Waals surface area (Å²) in [5, 5.41) is 6.91. The highest BCUT2D eigenvalue weighted by atomic mass is 127. The summed E-state index contributed by atoms with van der Waals surface area (Å²) in [7, 11) is 0. The van der Waals surface area contributed by atoms with Crippen molar-refractivity contribution in [3.63, 3.8) is 0 Å². The van der Waals surface area contributed by atoms with Crippen LogP contribution in [0.25, 0.3) is 0 Å². The van der Waals surface area contributed by atoms with Crippen molar-refractivity contribution in [2.24, 2.45) is 10.4 Å². The Bertz CT molecular complexity index is 537. The summed E-state index contributed by atoms with van der Waals surface area (Å²) in [5.41, 5.74) is 1.79. The molecule has 6 heteroatoms. The average Bonchev–Trinajstić information content (AvgIpc) is 3.29. The van der Waals surface area contributed by atoms with Crippen molar-refractivity contribution in [1.29, 1.82) is 0 Å². The largest absolute Gasteiger partial charge is 0.357 e. The Morgan fingerprint density at radius 1 is 1.33 bits per heavy atom. The van der Waals surface area contributed by atoms with Gasteiger partial charge in [0.2, 0.25) is 0 Å². The third-order valence-corrected chi connectivity index (χ3v) is 6.31. The molecule has 0 unspecified atom stereocenters. The van der Waals surface area contributed by atoms with Crippen LogP contribution < -0.4 is 5.32 Å². The van der Waals surface area contributed by atoms with Gasteiger partial charge in [0.05, 0.1) is 10.7 Å². The van der Waals surface area contributed by atoms with Crippen LogP contribution in [0.15, 0.2) is 10.4 Å². The topological polar surface area (TPSA) is 40.5 Å². The first kappa shape index (κ1) is 19.9. The number of aryl methyl sites for hydroxylation is 1. The summed E-state index contributed by atoms with van der Waals surface area (Å²) in [6.07, 6.45) is 9.01. The number of likely N-dealkylation sites (tertiary alicyclic amines) is 1. The van der Waals surface area contributed by atoms with Gasteiger partial charge in [-0.05, 0) is 38.0 Å². The molecule has 1 aromatic rings. The maximum Gasteiger partial charge on any atom is 0.193 e. The van der Waals surface area contributed by atoms with Gasteiger partial charge in [-0.3, -0.25) is 4.99 Å². The highest BCUT2D eigenvalue weighted by Gasteiger charge is 2.41. The van der Waals surface area contributed by atoms with Crippen LogP contribution in [0.5, 0.6) is 0 Å². The van der Waals surface area contributed by atoms with E-state index >= 15 is 0 Å². The monoisotopic (exact) mass is 462 g/mol. The van der Waals surface area contributed by atoms with Crippen LogP contribution in [0.1, 0.15) is 56.7 Å². The minimum Gasteiger partial charge on any atom is -0.357 e. The van der Waals surface area contributed by atoms with Gasteiger partial charge in [-0.2, -0.15) is 0 Å². The third-order valence-electron chi connectivity index (χ3n) is 5.27. The van der Waals surface area contributed by atoms with Gasteiger partial charge >= 0.3 is 0 Å². The van der Waals surface area contributed by atoms with E-state index in [-0.39, 0.29) is 24.0 Å². The zero-order valence-electron chi connectivity index (χ0n) is 15.0. The number of rotatable bonds is 5. The molecule has 1 saturated carbocycles. The second-order valence-corrected chi connectivity index (χ2v) is 7.89. The molecule has 2 aliphatic rings. The second-order valence-electron chi connectivity index (χ2n) is 6.95. The number of aliphatic imine (C=N–C) groups is 1. The molecule has 1 aromatic heterocycles. The molecule has 1 aliphatic heterocycles. The van der Waals surface area contributed by atoms with Gasteiger partial charge in [0, 0.05) is 38.0 Å². The zero-order chi connectivity index (χ0) is 16.1. The predicted molar refractivity (Wildman–Crippen MR) is 114 cm³/mol. The van der Waals surface area contributed by atoms with E-state index in [0.717, 1.165) is 31.9 Å². The van der Waals surface area contributed by atoms with E-state index in [1.807, 2.05) is 0 Å². The maximum absolute atomic E-state index is 4.88. The Hall–Kier alpha value is -0.370. The summed E-state index contributed by atoms with van der Waals surface area (Å²) in [6.45, 7) is 8.47. The number of thiazole rings is 1. The molecule has 1 aliphatic carbocycles. The van der Waals surface area contributed by atoms with Crippen LogP contribution in [0.2, 0.25) is 0 Å². The van der Waals surface area contributed by atoms with E-state index < -0.39 is 0 Å². The molecule has 0 atom stereocenters. The Labute approximate surface area is 167 Å². The molecule has 3 rings (SSSR count). The quantitative estimate of drug-likeness (QED) is 0.407. The lowest BCUT2D eigenvalue weighted by molar-refractivity contribution is 0.309. The molecular formula is C18H31IN4S. The van der Waals surface area contributed by atoms with Crippen molar-refractivity contribution >= 4 is 41.3 Å². The molecule has 0 amide bonds. The van der Waals surface area contributed by atoms with Crippen LogP contribution in [0, 0.1) is 5.41 Å². The van der Waals surface area contributed by atoms with E-state index in [2.05, 4.69) is 34.4 Å². The van der Waals surface area contributed by atoms with Gasteiger partial charge in [0.25, 0.3) is 0 Å². The van der Waals surface area contributed by atoms with E-state index in [0.29, 0.717) is 5.41 Å². The maximum atomic E-state index is 4.88. The normalized spacial score (nSPS) is 19.8. The number of halogens is 1. The van der Waals surface area contributed by atoms with Crippen molar-refractivity contribution < 1.29 is 0 Å². The van der Waals surface area contributed by atoms with Crippen LogP contribution in [-0.4, -0.2) is 42.0 Å². The fourth-order valence-electron chi connectivity index (χ4n) is 3.98. The van der Waals surface area contributed by atoms with Gasteiger partial charge in [-0.1, -0.05) is 19.8 Å². The first-order valence-corrected chi connectivity index (χ1v) is 10.1. The van der Waals surface area contributed by atoms with Crippen molar-refractivity contribution in [2.75, 3.05) is 26.2 Å². The van der Waals surface area contributed by atoms with Gasteiger partial charge in [0.1, 0.15) is 0 Å². The van der Waals surface area contributed by atoms with Gasteiger partial charge < -0.3 is 10.2 Å². The molecule has 136 valence electrons. The summed E-state index contributed by atoms with van der Waals surface area (Å²) in [6, 6.07) is 0. The molecule has 2 fully saturated rings. The Balaban J connectivity index is 0.00000208. The predicted octanol–water partition coefficient (Wildman–Crippen LogP) is 4.10. The standard InChI is InChI=1S/C18H30N4S.HI/c1-3-16-21-15(13-23-16)7-11-20-17(19-4-2)22-12-10-18(14-22)8-5-6-9-18;/h13H,3-12,14H2,1-2H3,(H,19,20);1H. The van der Waals surface area contributed by atoms with Crippen LogP contribution in [0.3, 0.4) is 0 Å². The lowest BCUT2D eigenvalue weighted by atomic mass is 9.86. The smallest absolute Gasteiger partial charge is 0.193 e. The van der Waals surface area contributed by atoms with E-state index in [9.17, 15) is 0 Å². The van der Waals surface area contributed by atoms with Crippen LogP contribution >= 0.6 is 35.3 Å². The molecule has 0 aromatic carbocycles. The fourth-order valence-corrected chi connectivity index (χ4v) is 4.76. The van der Waals surface area contributed by atoms with Gasteiger partial charge in [-0.15, -0.1) is 35.3 Å². The molecule has 24 heavy (non-hydrogen) atoms. The Kier molecular flexibility index (Phi) is 7.78. The molecule has 1 spiro atoms. The Morgan fingerprint density at radius 3 is 2.79 bits per heavy atom. The number of aromatic nitrogens is 1. The molecule has 0 bridgehead atoms. The van der Waals surface area contributed by atoms with Crippen molar-refractivity contribution in [2.45, 2.75) is 58.8 Å². The number of nitrogens with zero attached hydrogens (tertiary/aromatic N) is 3. The SMILES string of the molecule is CCNC(=NCCc1csc(CC)n1)N1CCC2(CCCC2)C1.I. The number of hydrogen-bond acceptors (Lipinski definition) is 3. The fraction of sp³-hybridized carbons (Fsp3) is 0.778. The van der Waals surface area contributed by atoms with Crippen molar-refractivity contribution in [3.05, 3.63) is 16.1 Å². The summed E-state index contributed by atoms with van der Waals surface area (Å²) >= 11 is 1.77. The number of guanidine groups is 1. The van der Waals surface area contributed by atoms with E-state index in [4.69, 9.17) is 4.99 Å². The number of nitrogens with one attached hydrogen (secondary N) is 1. The van der Waals surface area contributed by atoms with Crippen molar-refractivity contribution in [3.8, 4) is 0 Å². The third kappa shape index (κ3) is 4.84. The minimum atomic E-state index is 0. The lowest BCUT2D eigenvalue weighted by Gasteiger charge is -2.25. The van der Waals surface area contributed by atoms with Crippen molar-refractivity contribution in [1.82, 2.24) is 15.2 Å². The van der Waals surface area contributed by atoms with Crippen LogP contribution in [0.4, 0.5) is 0 Å². The van der Waals surface area contributed by atoms with Gasteiger partial charge in [-0.25, -0.2) is 4.98 Å².